The molecular formula is C24H26BrN3O4. The van der Waals surface area contributed by atoms with Gasteiger partial charge in [0.15, 0.2) is 11.5 Å². The van der Waals surface area contributed by atoms with Crippen LogP contribution in [0.2, 0.25) is 0 Å². The molecule has 7 nitrogen and oxygen atoms in total. The summed E-state index contributed by atoms with van der Waals surface area (Å²) < 4.78 is 11.2. The maximum absolute atomic E-state index is 13.4. The van der Waals surface area contributed by atoms with E-state index in [9.17, 15) is 9.59 Å². The zero-order chi connectivity index (χ0) is 22.8. The fourth-order valence-electron chi connectivity index (χ4n) is 3.91. The SMILES string of the molecule is COc1cc2c(cc1OCCCBr)NC(=O)C1CC(c3ccc(N(C)C)cc3)=CN1C2=O. The molecule has 0 spiro atoms. The number of hydrogen-bond donors (Lipinski definition) is 1. The number of halogens is 1. The first-order valence-corrected chi connectivity index (χ1v) is 11.6. The van der Waals surface area contributed by atoms with Gasteiger partial charge in [0.2, 0.25) is 5.91 Å². The largest absolute Gasteiger partial charge is 0.493 e. The van der Waals surface area contributed by atoms with Crippen LogP contribution in [0.4, 0.5) is 11.4 Å². The highest BCUT2D eigenvalue weighted by Crippen LogP contribution is 2.39. The van der Waals surface area contributed by atoms with Crippen molar-refractivity contribution in [3.63, 3.8) is 0 Å². The number of rotatable bonds is 7. The molecule has 0 aromatic heterocycles. The molecule has 2 heterocycles. The van der Waals surface area contributed by atoms with Gasteiger partial charge in [-0.2, -0.15) is 0 Å². The molecule has 8 heteroatoms. The molecule has 0 bridgehead atoms. The summed E-state index contributed by atoms with van der Waals surface area (Å²) in [5.74, 6) is 0.500. The second-order valence-electron chi connectivity index (χ2n) is 7.96. The Hall–Kier alpha value is -3.00. The highest BCUT2D eigenvalue weighted by Gasteiger charge is 2.39. The Balaban J connectivity index is 1.66. The Morgan fingerprint density at radius 1 is 1.16 bits per heavy atom. The van der Waals surface area contributed by atoms with Gasteiger partial charge in [0.25, 0.3) is 5.91 Å². The molecular weight excluding hydrogens is 474 g/mol. The lowest BCUT2D eigenvalue weighted by Crippen LogP contribution is -2.38. The van der Waals surface area contributed by atoms with E-state index in [4.69, 9.17) is 9.47 Å². The molecule has 1 atom stereocenters. The van der Waals surface area contributed by atoms with Crippen molar-refractivity contribution >= 4 is 44.7 Å². The number of methoxy groups -OCH3 is 1. The third-order valence-corrected chi connectivity index (χ3v) is 6.22. The number of benzene rings is 2. The van der Waals surface area contributed by atoms with E-state index in [-0.39, 0.29) is 11.8 Å². The normalized spacial score (nSPS) is 17.2. The third-order valence-electron chi connectivity index (χ3n) is 5.66. The Morgan fingerprint density at radius 3 is 2.56 bits per heavy atom. The van der Waals surface area contributed by atoms with Crippen LogP contribution in [0.1, 0.15) is 28.8 Å². The van der Waals surface area contributed by atoms with Gasteiger partial charge in [0.05, 0.1) is 25.0 Å². The van der Waals surface area contributed by atoms with Gasteiger partial charge in [-0.3, -0.25) is 9.59 Å². The van der Waals surface area contributed by atoms with E-state index >= 15 is 0 Å². The molecule has 2 aliphatic heterocycles. The highest BCUT2D eigenvalue weighted by atomic mass is 79.9. The minimum absolute atomic E-state index is 0.218. The highest BCUT2D eigenvalue weighted by molar-refractivity contribution is 9.09. The summed E-state index contributed by atoms with van der Waals surface area (Å²) in [6, 6.07) is 10.8. The van der Waals surface area contributed by atoms with E-state index in [1.165, 1.54) is 12.0 Å². The van der Waals surface area contributed by atoms with Crippen LogP contribution in [0.5, 0.6) is 11.5 Å². The molecule has 0 fully saturated rings. The van der Waals surface area contributed by atoms with Crippen LogP contribution in [0.3, 0.4) is 0 Å². The molecule has 1 N–H and O–H groups in total. The van der Waals surface area contributed by atoms with Crippen LogP contribution in [0.25, 0.3) is 5.57 Å². The summed E-state index contributed by atoms with van der Waals surface area (Å²) in [5, 5.41) is 3.73. The second-order valence-corrected chi connectivity index (χ2v) is 8.75. The first-order chi connectivity index (χ1) is 15.4. The van der Waals surface area contributed by atoms with Crippen LogP contribution in [-0.4, -0.2) is 55.9 Å². The Morgan fingerprint density at radius 2 is 1.91 bits per heavy atom. The lowest BCUT2D eigenvalue weighted by Gasteiger charge is -2.18. The molecule has 168 valence electrons. The van der Waals surface area contributed by atoms with Gasteiger partial charge < -0.3 is 24.6 Å². The van der Waals surface area contributed by atoms with Crippen molar-refractivity contribution in [2.45, 2.75) is 18.9 Å². The van der Waals surface area contributed by atoms with Crippen molar-refractivity contribution in [2.24, 2.45) is 0 Å². The van der Waals surface area contributed by atoms with Crippen LogP contribution >= 0.6 is 15.9 Å². The van der Waals surface area contributed by atoms with E-state index in [1.54, 1.807) is 18.3 Å². The summed E-state index contributed by atoms with van der Waals surface area (Å²) in [5.41, 5.74) is 3.86. The Kier molecular flexibility index (Phi) is 6.41. The number of anilines is 2. The predicted octanol–water partition coefficient (Wildman–Crippen LogP) is 4.13. The van der Waals surface area contributed by atoms with E-state index in [1.807, 2.05) is 43.3 Å². The topological polar surface area (TPSA) is 71.1 Å². The summed E-state index contributed by atoms with van der Waals surface area (Å²) >= 11 is 3.38. The van der Waals surface area contributed by atoms with E-state index < -0.39 is 6.04 Å². The number of ether oxygens (including phenoxy) is 2. The first kappa shape index (κ1) is 22.2. The van der Waals surface area contributed by atoms with Gasteiger partial charge in [-0.15, -0.1) is 0 Å². The summed E-state index contributed by atoms with van der Waals surface area (Å²) in [4.78, 5) is 30.0. The number of nitrogens with zero attached hydrogens (tertiary/aromatic N) is 2. The van der Waals surface area contributed by atoms with Crippen LogP contribution < -0.4 is 19.7 Å². The molecule has 1 unspecified atom stereocenters. The molecule has 2 amide bonds. The van der Waals surface area contributed by atoms with Gasteiger partial charge in [-0.25, -0.2) is 0 Å². The maximum atomic E-state index is 13.4. The number of hydrogen-bond acceptors (Lipinski definition) is 5. The molecule has 0 aliphatic carbocycles. The van der Waals surface area contributed by atoms with Crippen molar-refractivity contribution in [3.8, 4) is 11.5 Å². The number of fused-ring (bicyclic) bond motifs is 2. The second kappa shape index (κ2) is 9.24. The van der Waals surface area contributed by atoms with Gasteiger partial charge >= 0.3 is 0 Å². The van der Waals surface area contributed by atoms with E-state index in [2.05, 4.69) is 21.2 Å². The van der Waals surface area contributed by atoms with Crippen molar-refractivity contribution in [3.05, 3.63) is 53.7 Å². The van der Waals surface area contributed by atoms with Crippen molar-refractivity contribution in [1.29, 1.82) is 0 Å². The van der Waals surface area contributed by atoms with Gasteiger partial charge in [0.1, 0.15) is 6.04 Å². The van der Waals surface area contributed by atoms with Crippen LogP contribution in [-0.2, 0) is 4.79 Å². The van der Waals surface area contributed by atoms with E-state index in [0.29, 0.717) is 35.8 Å². The predicted molar refractivity (Wildman–Crippen MR) is 129 cm³/mol. The van der Waals surface area contributed by atoms with Crippen LogP contribution in [0.15, 0.2) is 42.6 Å². The molecule has 4 rings (SSSR count). The Bertz CT molecular complexity index is 1070. The number of alkyl halides is 1. The molecule has 0 radical (unpaired) electrons. The fourth-order valence-corrected chi connectivity index (χ4v) is 4.14. The number of amides is 2. The minimum Gasteiger partial charge on any atom is -0.493 e. The maximum Gasteiger partial charge on any atom is 0.260 e. The molecule has 0 saturated carbocycles. The monoisotopic (exact) mass is 499 g/mol. The Labute approximate surface area is 196 Å². The molecule has 32 heavy (non-hydrogen) atoms. The average Bonchev–Trinajstić information content (AvgIpc) is 3.21. The zero-order valence-electron chi connectivity index (χ0n) is 18.4. The lowest BCUT2D eigenvalue weighted by molar-refractivity contribution is -0.119. The van der Waals surface area contributed by atoms with Crippen molar-refractivity contribution < 1.29 is 19.1 Å². The fraction of sp³-hybridized carbons (Fsp3) is 0.333. The van der Waals surface area contributed by atoms with Gasteiger partial charge in [-0.05, 0) is 35.8 Å². The zero-order valence-corrected chi connectivity index (χ0v) is 19.9. The van der Waals surface area contributed by atoms with Gasteiger partial charge in [-0.1, -0.05) is 28.1 Å². The van der Waals surface area contributed by atoms with Crippen LogP contribution in [0, 0.1) is 0 Å². The first-order valence-electron chi connectivity index (χ1n) is 10.5. The molecule has 2 aliphatic rings. The van der Waals surface area contributed by atoms with E-state index in [0.717, 1.165) is 28.6 Å². The molecule has 2 aromatic rings. The number of carbonyl (C=O) groups excluding carboxylic acids is 2. The quantitative estimate of drug-likeness (QED) is 0.458. The molecule has 0 saturated heterocycles. The average molecular weight is 500 g/mol. The lowest BCUT2D eigenvalue weighted by atomic mass is 10.0. The smallest absolute Gasteiger partial charge is 0.260 e. The number of nitrogens with one attached hydrogen (secondary N) is 1. The number of carbonyl (C=O) groups is 2. The van der Waals surface area contributed by atoms with Crippen molar-refractivity contribution in [1.82, 2.24) is 4.90 Å². The van der Waals surface area contributed by atoms with Crippen molar-refractivity contribution in [2.75, 3.05) is 43.4 Å². The third kappa shape index (κ3) is 4.19. The molecule has 2 aromatic carbocycles. The summed E-state index contributed by atoms with van der Waals surface area (Å²) in [7, 11) is 5.51. The standard InChI is InChI=1S/C24H26BrN3O4/c1-27(2)17-7-5-15(6-8-17)16-11-20-23(29)26-19-13-22(32-10-4-9-25)21(31-3)12-18(19)24(30)28(20)14-16/h5-8,12-14,20H,4,9-11H2,1-3H3,(H,26,29). The minimum atomic E-state index is -0.595. The summed E-state index contributed by atoms with van der Waals surface area (Å²) in [6.07, 6.45) is 3.07. The van der Waals surface area contributed by atoms with Gasteiger partial charge in [0, 0.05) is 43.8 Å². The summed E-state index contributed by atoms with van der Waals surface area (Å²) in [6.45, 7) is 0.496.